The fourth-order valence-electron chi connectivity index (χ4n) is 1.07. The molecule has 0 atom stereocenters. The molecule has 0 fully saturated rings. The summed E-state index contributed by atoms with van der Waals surface area (Å²) in [5.74, 6) is -1.12. The predicted octanol–water partition coefficient (Wildman–Crippen LogP) is -0.228. The first-order valence-electron chi connectivity index (χ1n) is 4.80. The second-order valence-electron chi connectivity index (χ2n) is 3.45. The number of ether oxygens (including phenoxy) is 1. The van der Waals surface area contributed by atoms with Crippen molar-refractivity contribution in [3.63, 3.8) is 0 Å². The predicted molar refractivity (Wildman–Crippen MR) is 58.6 cm³/mol. The normalized spacial score (nSPS) is 11.6. The fraction of sp³-hybridized carbons (Fsp3) is 0.750. The molecular weight excluding hydrogens is 252 g/mol. The van der Waals surface area contributed by atoms with Gasteiger partial charge in [0.05, 0.1) is 13.5 Å². The first-order chi connectivity index (χ1) is 7.70. The van der Waals surface area contributed by atoms with Gasteiger partial charge in [0.15, 0.2) is 0 Å². The van der Waals surface area contributed by atoms with Crippen molar-refractivity contribution >= 4 is 22.3 Å². The van der Waals surface area contributed by atoms with Crippen molar-refractivity contribution in [3.05, 3.63) is 0 Å². The van der Waals surface area contributed by atoms with E-state index in [4.69, 9.17) is 5.11 Å². The summed E-state index contributed by atoms with van der Waals surface area (Å²) in [5, 5.41) is 8.50. The van der Waals surface area contributed by atoms with Crippen molar-refractivity contribution in [2.75, 3.05) is 13.7 Å². The van der Waals surface area contributed by atoms with Gasteiger partial charge in [-0.1, -0.05) is 0 Å². The molecule has 100 valence electrons. The summed E-state index contributed by atoms with van der Waals surface area (Å²) in [4.78, 5) is 21.2. The third-order valence-electron chi connectivity index (χ3n) is 1.83. The number of carbonyl (C=O) groups is 2. The molecule has 0 aromatic carbocycles. The molecule has 0 heterocycles. The standard InChI is InChI=1S/C8H16N2O6S/c1-6(2)10(5-4-7(11)12)17(14,15)9-8(13)16-3/h6H,4-5H2,1-3H3,(H,9,13)(H,11,12). The first-order valence-corrected chi connectivity index (χ1v) is 6.24. The Bertz CT molecular complexity index is 377. The molecule has 0 aliphatic rings. The largest absolute Gasteiger partial charge is 0.481 e. The molecule has 9 heteroatoms. The Morgan fingerprint density at radius 1 is 1.41 bits per heavy atom. The van der Waals surface area contributed by atoms with Crippen LogP contribution in [0.4, 0.5) is 4.79 Å². The number of carboxylic acids is 1. The van der Waals surface area contributed by atoms with Gasteiger partial charge in [-0.05, 0) is 13.8 Å². The summed E-state index contributed by atoms with van der Waals surface area (Å²) >= 11 is 0. The molecule has 0 bridgehead atoms. The molecule has 0 saturated carbocycles. The number of aliphatic carboxylic acids is 1. The molecule has 0 aliphatic carbocycles. The third-order valence-corrected chi connectivity index (χ3v) is 3.47. The SMILES string of the molecule is COC(=O)NS(=O)(=O)N(CCC(=O)O)C(C)C. The van der Waals surface area contributed by atoms with Crippen molar-refractivity contribution in [3.8, 4) is 0 Å². The van der Waals surface area contributed by atoms with E-state index in [-0.39, 0.29) is 13.0 Å². The summed E-state index contributed by atoms with van der Waals surface area (Å²) in [6.45, 7) is 2.91. The molecule has 17 heavy (non-hydrogen) atoms. The number of carboxylic acid groups (broad SMARTS) is 1. The summed E-state index contributed by atoms with van der Waals surface area (Å²) < 4.78 is 30.0. The van der Waals surface area contributed by atoms with Crippen LogP contribution in [-0.4, -0.2) is 49.6 Å². The monoisotopic (exact) mass is 268 g/mol. The smallest absolute Gasteiger partial charge is 0.421 e. The highest BCUT2D eigenvalue weighted by Crippen LogP contribution is 2.06. The van der Waals surface area contributed by atoms with E-state index < -0.39 is 28.3 Å². The quantitative estimate of drug-likeness (QED) is 0.688. The molecule has 2 N–H and O–H groups in total. The minimum atomic E-state index is -4.08. The lowest BCUT2D eigenvalue weighted by molar-refractivity contribution is -0.137. The summed E-state index contributed by atoms with van der Waals surface area (Å²) in [5.41, 5.74) is 0. The fourth-order valence-corrected chi connectivity index (χ4v) is 2.37. The van der Waals surface area contributed by atoms with Gasteiger partial charge < -0.3 is 9.84 Å². The maximum absolute atomic E-state index is 11.7. The van der Waals surface area contributed by atoms with E-state index in [0.717, 1.165) is 11.4 Å². The molecule has 0 saturated heterocycles. The Balaban J connectivity index is 4.79. The van der Waals surface area contributed by atoms with Crippen LogP contribution in [0.3, 0.4) is 0 Å². The van der Waals surface area contributed by atoms with Gasteiger partial charge in [0, 0.05) is 12.6 Å². The van der Waals surface area contributed by atoms with Crippen molar-refractivity contribution in [2.24, 2.45) is 0 Å². The molecule has 0 aromatic heterocycles. The van der Waals surface area contributed by atoms with Gasteiger partial charge in [0.25, 0.3) is 0 Å². The molecule has 8 nitrogen and oxygen atoms in total. The van der Waals surface area contributed by atoms with Gasteiger partial charge in [0.2, 0.25) is 0 Å². The summed E-state index contributed by atoms with van der Waals surface area (Å²) in [7, 11) is -3.05. The maximum Gasteiger partial charge on any atom is 0.421 e. The van der Waals surface area contributed by atoms with Crippen LogP contribution >= 0.6 is 0 Å². The van der Waals surface area contributed by atoms with Gasteiger partial charge in [0.1, 0.15) is 0 Å². The van der Waals surface area contributed by atoms with Crippen LogP contribution in [0.2, 0.25) is 0 Å². The van der Waals surface area contributed by atoms with Crippen LogP contribution in [0.25, 0.3) is 0 Å². The Morgan fingerprint density at radius 3 is 2.29 bits per heavy atom. The van der Waals surface area contributed by atoms with Crippen LogP contribution in [0.5, 0.6) is 0 Å². The number of nitrogens with zero attached hydrogens (tertiary/aromatic N) is 1. The number of hydrogen-bond donors (Lipinski definition) is 2. The summed E-state index contributed by atoms with van der Waals surface area (Å²) in [6, 6.07) is -0.475. The average molecular weight is 268 g/mol. The van der Waals surface area contributed by atoms with Crippen LogP contribution in [-0.2, 0) is 19.7 Å². The summed E-state index contributed by atoms with van der Waals surface area (Å²) in [6.07, 6.45) is -1.47. The number of rotatable bonds is 6. The maximum atomic E-state index is 11.7. The zero-order valence-electron chi connectivity index (χ0n) is 9.84. The van der Waals surface area contributed by atoms with Crippen molar-refractivity contribution in [1.82, 2.24) is 9.03 Å². The lowest BCUT2D eigenvalue weighted by Crippen LogP contribution is -2.47. The van der Waals surface area contributed by atoms with E-state index in [9.17, 15) is 18.0 Å². The van der Waals surface area contributed by atoms with Gasteiger partial charge in [-0.15, -0.1) is 0 Å². The molecule has 0 radical (unpaired) electrons. The lowest BCUT2D eigenvalue weighted by Gasteiger charge is -2.24. The van der Waals surface area contributed by atoms with Crippen molar-refractivity contribution in [1.29, 1.82) is 0 Å². The Labute approximate surface area is 99.7 Å². The number of hydrogen-bond acceptors (Lipinski definition) is 5. The van der Waals surface area contributed by atoms with Crippen LogP contribution < -0.4 is 4.72 Å². The zero-order chi connectivity index (χ0) is 13.6. The molecule has 0 aromatic rings. The van der Waals surface area contributed by atoms with Crippen LogP contribution in [0.1, 0.15) is 20.3 Å². The Hall–Kier alpha value is -1.35. The van der Waals surface area contributed by atoms with Crippen molar-refractivity contribution < 1.29 is 27.9 Å². The molecule has 0 aliphatic heterocycles. The molecular formula is C8H16N2O6S. The highest BCUT2D eigenvalue weighted by Gasteiger charge is 2.27. The zero-order valence-corrected chi connectivity index (χ0v) is 10.7. The van der Waals surface area contributed by atoms with Gasteiger partial charge in [-0.3, -0.25) is 4.79 Å². The van der Waals surface area contributed by atoms with Crippen LogP contribution in [0.15, 0.2) is 0 Å². The van der Waals surface area contributed by atoms with E-state index in [1.807, 2.05) is 0 Å². The highest BCUT2D eigenvalue weighted by molar-refractivity contribution is 7.87. The van der Waals surface area contributed by atoms with Gasteiger partial charge >= 0.3 is 22.3 Å². The molecule has 0 rings (SSSR count). The highest BCUT2D eigenvalue weighted by atomic mass is 32.2. The second-order valence-corrected chi connectivity index (χ2v) is 5.07. The van der Waals surface area contributed by atoms with E-state index in [1.54, 1.807) is 18.6 Å². The number of amides is 1. The molecule has 0 unspecified atom stereocenters. The Kier molecular flexibility index (Phi) is 5.89. The van der Waals surface area contributed by atoms with E-state index in [0.29, 0.717) is 0 Å². The number of carbonyl (C=O) groups excluding carboxylic acids is 1. The minimum absolute atomic E-state index is 0.223. The lowest BCUT2D eigenvalue weighted by atomic mass is 10.3. The van der Waals surface area contributed by atoms with E-state index in [1.165, 1.54) is 0 Å². The average Bonchev–Trinajstić information content (AvgIpc) is 2.15. The Morgan fingerprint density at radius 2 is 1.94 bits per heavy atom. The minimum Gasteiger partial charge on any atom is -0.481 e. The van der Waals surface area contributed by atoms with Crippen LogP contribution in [0, 0.1) is 0 Å². The van der Waals surface area contributed by atoms with E-state index >= 15 is 0 Å². The second kappa shape index (κ2) is 6.40. The number of methoxy groups -OCH3 is 1. The van der Waals surface area contributed by atoms with E-state index in [2.05, 4.69) is 4.74 Å². The van der Waals surface area contributed by atoms with Crippen molar-refractivity contribution in [2.45, 2.75) is 26.3 Å². The molecule has 0 spiro atoms. The van der Waals surface area contributed by atoms with Gasteiger partial charge in [-0.2, -0.15) is 12.7 Å². The topological polar surface area (TPSA) is 113 Å². The third kappa shape index (κ3) is 5.50. The first kappa shape index (κ1) is 15.7. The molecule has 1 amide bonds. The number of nitrogens with one attached hydrogen (secondary N) is 1. The van der Waals surface area contributed by atoms with Gasteiger partial charge in [-0.25, -0.2) is 9.52 Å².